The molecule has 1 aliphatic heterocycles. The van der Waals surface area contributed by atoms with Crippen LogP contribution < -0.4 is 10.1 Å². The van der Waals surface area contributed by atoms with Gasteiger partial charge in [-0.05, 0) is 45.9 Å². The Kier molecular flexibility index (Phi) is 4.99. The molecule has 2 amide bonds. The second-order valence-electron chi connectivity index (χ2n) is 7.29. The molecule has 0 atom stereocenters. The number of nitrogens with one attached hydrogen (secondary N) is 1. The average Bonchev–Trinajstić information content (AvgIpc) is 3.38. The van der Waals surface area contributed by atoms with Crippen LogP contribution in [0.4, 0.5) is 5.69 Å². The molecule has 2 aliphatic rings. The zero-order valence-corrected chi connectivity index (χ0v) is 15.2. The SMILES string of the molecule is CC(C)Oc1ccccc1NC(=O)C1(C(=O)N2CCN(C)CC2)CC1. The number of carbonyl (C=O) groups excluding carboxylic acids is 2. The molecule has 0 aromatic heterocycles. The lowest BCUT2D eigenvalue weighted by molar-refractivity contribution is -0.143. The lowest BCUT2D eigenvalue weighted by Gasteiger charge is -2.34. The predicted molar refractivity (Wildman–Crippen MR) is 96.6 cm³/mol. The van der Waals surface area contributed by atoms with Crippen LogP contribution in [0.15, 0.2) is 24.3 Å². The summed E-state index contributed by atoms with van der Waals surface area (Å²) in [6.45, 7) is 6.98. The highest BCUT2D eigenvalue weighted by Crippen LogP contribution is 2.48. The van der Waals surface area contributed by atoms with E-state index in [0.29, 0.717) is 37.4 Å². The van der Waals surface area contributed by atoms with E-state index in [0.717, 1.165) is 13.1 Å². The number of anilines is 1. The Labute approximate surface area is 149 Å². The van der Waals surface area contributed by atoms with Crippen molar-refractivity contribution in [3.8, 4) is 5.75 Å². The zero-order valence-electron chi connectivity index (χ0n) is 15.2. The van der Waals surface area contributed by atoms with Gasteiger partial charge >= 0.3 is 0 Å². The minimum Gasteiger partial charge on any atom is -0.489 e. The predicted octanol–water partition coefficient (Wildman–Crippen LogP) is 1.97. The Morgan fingerprint density at radius 3 is 2.36 bits per heavy atom. The summed E-state index contributed by atoms with van der Waals surface area (Å²) >= 11 is 0. The number of likely N-dealkylation sites (N-methyl/N-ethyl adjacent to an activating group) is 1. The summed E-state index contributed by atoms with van der Waals surface area (Å²) in [5, 5.41) is 2.93. The molecule has 0 unspecified atom stereocenters. The molecule has 2 fully saturated rings. The number of carbonyl (C=O) groups is 2. The van der Waals surface area contributed by atoms with Crippen molar-refractivity contribution >= 4 is 17.5 Å². The Bertz CT molecular complexity index is 647. The average molecular weight is 345 g/mol. The fourth-order valence-corrected chi connectivity index (χ4v) is 3.14. The Morgan fingerprint density at radius 1 is 1.12 bits per heavy atom. The highest BCUT2D eigenvalue weighted by molar-refractivity contribution is 6.13. The molecule has 1 aromatic carbocycles. The smallest absolute Gasteiger partial charge is 0.240 e. The van der Waals surface area contributed by atoms with Crippen molar-refractivity contribution in [1.29, 1.82) is 0 Å². The molecule has 25 heavy (non-hydrogen) atoms. The maximum atomic E-state index is 12.9. The number of ether oxygens (including phenoxy) is 1. The molecule has 0 bridgehead atoms. The Balaban J connectivity index is 1.70. The second-order valence-corrected chi connectivity index (χ2v) is 7.29. The molecule has 136 valence electrons. The van der Waals surface area contributed by atoms with Crippen LogP contribution in [0.5, 0.6) is 5.75 Å². The van der Waals surface area contributed by atoms with Crippen LogP contribution in [0.3, 0.4) is 0 Å². The second kappa shape index (κ2) is 7.04. The van der Waals surface area contributed by atoms with E-state index < -0.39 is 5.41 Å². The van der Waals surface area contributed by atoms with Crippen LogP contribution in [-0.2, 0) is 9.59 Å². The van der Waals surface area contributed by atoms with E-state index >= 15 is 0 Å². The summed E-state index contributed by atoms with van der Waals surface area (Å²) in [5.74, 6) is 0.394. The van der Waals surface area contributed by atoms with Crippen molar-refractivity contribution < 1.29 is 14.3 Å². The maximum Gasteiger partial charge on any atom is 0.240 e. The van der Waals surface area contributed by atoms with Crippen molar-refractivity contribution in [1.82, 2.24) is 9.80 Å². The number of rotatable bonds is 5. The number of nitrogens with zero attached hydrogens (tertiary/aromatic N) is 2. The van der Waals surface area contributed by atoms with Gasteiger partial charge in [0.1, 0.15) is 11.2 Å². The van der Waals surface area contributed by atoms with E-state index in [-0.39, 0.29) is 17.9 Å². The molecule has 1 heterocycles. The summed E-state index contributed by atoms with van der Waals surface area (Å²) in [5.41, 5.74) is -0.264. The summed E-state index contributed by atoms with van der Waals surface area (Å²) in [7, 11) is 2.05. The highest BCUT2D eigenvalue weighted by atomic mass is 16.5. The molecule has 1 aliphatic carbocycles. The first-order valence-corrected chi connectivity index (χ1v) is 8.97. The molecule has 1 saturated heterocycles. The number of benzene rings is 1. The van der Waals surface area contributed by atoms with Crippen molar-refractivity contribution in [3.63, 3.8) is 0 Å². The number of piperazine rings is 1. The Morgan fingerprint density at radius 2 is 1.76 bits per heavy atom. The van der Waals surface area contributed by atoms with Crippen LogP contribution in [0.1, 0.15) is 26.7 Å². The van der Waals surface area contributed by atoms with E-state index in [1.54, 1.807) is 0 Å². The molecular weight excluding hydrogens is 318 g/mol. The minimum absolute atomic E-state index is 0.0138. The van der Waals surface area contributed by atoms with Crippen LogP contribution in [0.2, 0.25) is 0 Å². The largest absolute Gasteiger partial charge is 0.489 e. The topological polar surface area (TPSA) is 61.9 Å². The van der Waals surface area contributed by atoms with Crippen molar-refractivity contribution in [2.24, 2.45) is 5.41 Å². The molecule has 6 nitrogen and oxygen atoms in total. The fraction of sp³-hybridized carbons (Fsp3) is 0.579. The number of para-hydroxylation sites is 2. The normalized spacial score (nSPS) is 19.6. The third kappa shape index (κ3) is 3.79. The van der Waals surface area contributed by atoms with Crippen molar-refractivity contribution in [3.05, 3.63) is 24.3 Å². The summed E-state index contributed by atoms with van der Waals surface area (Å²) in [6, 6.07) is 7.36. The van der Waals surface area contributed by atoms with Crippen LogP contribution in [0.25, 0.3) is 0 Å². The van der Waals surface area contributed by atoms with Crippen LogP contribution in [-0.4, -0.2) is 60.9 Å². The number of hydrogen-bond donors (Lipinski definition) is 1. The minimum atomic E-state index is -0.888. The monoisotopic (exact) mass is 345 g/mol. The van der Waals surface area contributed by atoms with Gasteiger partial charge in [0.05, 0.1) is 11.8 Å². The molecule has 0 spiro atoms. The molecular formula is C19H27N3O3. The molecule has 1 aromatic rings. The first-order valence-electron chi connectivity index (χ1n) is 8.97. The van der Waals surface area contributed by atoms with Crippen molar-refractivity contribution in [2.75, 3.05) is 38.5 Å². The third-order valence-electron chi connectivity index (χ3n) is 4.88. The van der Waals surface area contributed by atoms with Gasteiger partial charge in [-0.25, -0.2) is 0 Å². The van der Waals surface area contributed by atoms with Gasteiger partial charge in [-0.2, -0.15) is 0 Å². The van der Waals surface area contributed by atoms with Gasteiger partial charge in [-0.1, -0.05) is 12.1 Å². The van der Waals surface area contributed by atoms with E-state index in [1.807, 2.05) is 50.1 Å². The number of amides is 2. The number of hydrogen-bond acceptors (Lipinski definition) is 4. The van der Waals surface area contributed by atoms with Gasteiger partial charge in [0.15, 0.2) is 0 Å². The third-order valence-corrected chi connectivity index (χ3v) is 4.88. The quantitative estimate of drug-likeness (QED) is 0.829. The lowest BCUT2D eigenvalue weighted by Crippen LogP contribution is -2.51. The van der Waals surface area contributed by atoms with E-state index in [4.69, 9.17) is 4.74 Å². The lowest BCUT2D eigenvalue weighted by atomic mass is 10.0. The summed E-state index contributed by atoms with van der Waals surface area (Å²) in [4.78, 5) is 29.8. The fourth-order valence-electron chi connectivity index (χ4n) is 3.14. The van der Waals surface area contributed by atoms with Gasteiger partial charge in [0, 0.05) is 26.2 Å². The van der Waals surface area contributed by atoms with Gasteiger partial charge < -0.3 is 19.9 Å². The van der Waals surface area contributed by atoms with Gasteiger partial charge in [-0.15, -0.1) is 0 Å². The van der Waals surface area contributed by atoms with Gasteiger partial charge in [-0.3, -0.25) is 9.59 Å². The van der Waals surface area contributed by atoms with Gasteiger partial charge in [0.25, 0.3) is 0 Å². The van der Waals surface area contributed by atoms with Crippen molar-refractivity contribution in [2.45, 2.75) is 32.8 Å². The standard InChI is InChI=1S/C19H27N3O3/c1-14(2)25-16-7-5-4-6-15(16)20-17(23)19(8-9-19)18(24)22-12-10-21(3)11-13-22/h4-7,14H,8-13H2,1-3H3,(H,20,23). The highest BCUT2D eigenvalue weighted by Gasteiger charge is 2.58. The maximum absolute atomic E-state index is 12.9. The van der Waals surface area contributed by atoms with E-state index in [9.17, 15) is 9.59 Å². The van der Waals surface area contributed by atoms with Crippen LogP contribution >= 0.6 is 0 Å². The van der Waals surface area contributed by atoms with E-state index in [2.05, 4.69) is 10.2 Å². The molecule has 1 N–H and O–H groups in total. The molecule has 3 rings (SSSR count). The molecule has 0 radical (unpaired) electrons. The summed E-state index contributed by atoms with van der Waals surface area (Å²) in [6.07, 6.45) is 1.26. The first kappa shape index (κ1) is 17.7. The van der Waals surface area contributed by atoms with Gasteiger partial charge in [0.2, 0.25) is 11.8 Å². The molecule has 1 saturated carbocycles. The zero-order chi connectivity index (χ0) is 18.0. The Hall–Kier alpha value is -2.08. The first-order chi connectivity index (χ1) is 11.9. The van der Waals surface area contributed by atoms with Crippen LogP contribution in [0, 0.1) is 5.41 Å². The summed E-state index contributed by atoms with van der Waals surface area (Å²) < 4.78 is 5.75. The van der Waals surface area contributed by atoms with E-state index in [1.165, 1.54) is 0 Å². The molecule has 6 heteroatoms.